The lowest BCUT2D eigenvalue weighted by Crippen LogP contribution is -2.25. The summed E-state index contributed by atoms with van der Waals surface area (Å²) in [6.07, 6.45) is 0. The van der Waals surface area contributed by atoms with Gasteiger partial charge in [-0.05, 0) is 44.7 Å². The predicted octanol–water partition coefficient (Wildman–Crippen LogP) is 5.93. The molecule has 0 aliphatic rings. The van der Waals surface area contributed by atoms with Crippen molar-refractivity contribution in [1.29, 1.82) is 0 Å². The summed E-state index contributed by atoms with van der Waals surface area (Å²) in [6.45, 7) is 17.8. The number of hydrogen-bond donors (Lipinski definition) is 1. The summed E-state index contributed by atoms with van der Waals surface area (Å²) >= 11 is 0. The van der Waals surface area contributed by atoms with Crippen molar-refractivity contribution in [2.24, 2.45) is 0 Å². The largest absolute Gasteiger partial charge is 0.398 e. The van der Waals surface area contributed by atoms with E-state index in [9.17, 15) is 0 Å². The molecule has 0 unspecified atom stereocenters. The van der Waals surface area contributed by atoms with Crippen LogP contribution < -0.4 is 5.73 Å². The first-order valence-corrected chi connectivity index (χ1v) is 8.21. The maximum atomic E-state index is 6.38. The van der Waals surface area contributed by atoms with Gasteiger partial charge in [0.05, 0.1) is 0 Å². The first kappa shape index (κ1) is 17.3. The lowest BCUT2D eigenvalue weighted by atomic mass is 9.71. The predicted molar refractivity (Wildman–Crippen MR) is 103 cm³/mol. The molecule has 2 aromatic rings. The van der Waals surface area contributed by atoms with Gasteiger partial charge in [0.2, 0.25) is 0 Å². The highest BCUT2D eigenvalue weighted by Gasteiger charge is 2.30. The average molecular weight is 307 g/mol. The summed E-state index contributed by atoms with van der Waals surface area (Å²) in [5, 5.41) is 0. The van der Waals surface area contributed by atoms with Crippen LogP contribution in [0.15, 0.2) is 49.0 Å². The minimum Gasteiger partial charge on any atom is -0.398 e. The van der Waals surface area contributed by atoms with Gasteiger partial charge >= 0.3 is 0 Å². The van der Waals surface area contributed by atoms with E-state index < -0.39 is 0 Å². The standard InChI is InChI=1S/C22H29N/c1-15(16-11-9-8-10-12-16)17-13-14-18(23)20(22(5,6)7)19(17)21(2,3)4/h8-14H,1,23H2,2-7H3. The van der Waals surface area contributed by atoms with Gasteiger partial charge in [0, 0.05) is 5.69 Å². The van der Waals surface area contributed by atoms with Crippen LogP contribution in [-0.4, -0.2) is 0 Å². The molecule has 0 bridgehead atoms. The van der Waals surface area contributed by atoms with Gasteiger partial charge in [-0.2, -0.15) is 0 Å². The Bertz CT molecular complexity index is 710. The number of hydrogen-bond acceptors (Lipinski definition) is 1. The second-order valence-corrected chi connectivity index (χ2v) is 8.30. The second kappa shape index (κ2) is 5.88. The number of anilines is 1. The molecule has 0 radical (unpaired) electrons. The van der Waals surface area contributed by atoms with Crippen molar-refractivity contribution < 1.29 is 0 Å². The Balaban J connectivity index is 2.78. The maximum Gasteiger partial charge on any atom is 0.0355 e. The molecule has 0 atom stereocenters. The van der Waals surface area contributed by atoms with E-state index in [-0.39, 0.29) is 10.8 Å². The van der Waals surface area contributed by atoms with E-state index in [0.717, 1.165) is 16.8 Å². The lowest BCUT2D eigenvalue weighted by molar-refractivity contribution is 0.531. The molecule has 0 aliphatic carbocycles. The van der Waals surface area contributed by atoms with E-state index in [1.807, 2.05) is 12.1 Å². The monoisotopic (exact) mass is 307 g/mol. The number of nitrogen functional groups attached to an aromatic ring is 1. The Kier molecular flexibility index (Phi) is 4.43. The van der Waals surface area contributed by atoms with Crippen molar-refractivity contribution in [2.45, 2.75) is 52.4 Å². The van der Waals surface area contributed by atoms with Crippen LogP contribution in [0.3, 0.4) is 0 Å². The zero-order chi connectivity index (χ0) is 17.4. The first-order chi connectivity index (χ1) is 10.5. The molecule has 0 saturated carbocycles. The highest BCUT2D eigenvalue weighted by atomic mass is 14.6. The zero-order valence-electron chi connectivity index (χ0n) is 15.3. The number of rotatable bonds is 2. The molecule has 0 aliphatic heterocycles. The fourth-order valence-corrected chi connectivity index (χ4v) is 3.25. The van der Waals surface area contributed by atoms with E-state index >= 15 is 0 Å². The van der Waals surface area contributed by atoms with Crippen molar-refractivity contribution in [2.75, 3.05) is 5.73 Å². The zero-order valence-corrected chi connectivity index (χ0v) is 15.3. The molecule has 23 heavy (non-hydrogen) atoms. The van der Waals surface area contributed by atoms with Gasteiger partial charge in [-0.1, -0.05) is 84.5 Å². The molecule has 0 heterocycles. The van der Waals surface area contributed by atoms with E-state index in [4.69, 9.17) is 5.73 Å². The van der Waals surface area contributed by atoms with E-state index in [0.29, 0.717) is 0 Å². The van der Waals surface area contributed by atoms with Crippen molar-refractivity contribution in [3.63, 3.8) is 0 Å². The van der Waals surface area contributed by atoms with Crippen LogP contribution in [-0.2, 0) is 10.8 Å². The average Bonchev–Trinajstić information content (AvgIpc) is 2.45. The van der Waals surface area contributed by atoms with Crippen molar-refractivity contribution in [3.05, 3.63) is 71.3 Å². The molecule has 0 aromatic heterocycles. The third-order valence-corrected chi connectivity index (χ3v) is 4.18. The summed E-state index contributed by atoms with van der Waals surface area (Å²) in [4.78, 5) is 0. The summed E-state index contributed by atoms with van der Waals surface area (Å²) in [5.74, 6) is 0. The van der Waals surface area contributed by atoms with Gasteiger partial charge < -0.3 is 5.73 Å². The van der Waals surface area contributed by atoms with Crippen molar-refractivity contribution in [3.8, 4) is 0 Å². The van der Waals surface area contributed by atoms with Gasteiger partial charge in [-0.15, -0.1) is 0 Å². The normalized spacial score (nSPS) is 12.3. The molecule has 1 heteroatoms. The number of nitrogens with two attached hydrogens (primary N) is 1. The molecule has 2 rings (SSSR count). The molecule has 122 valence electrons. The van der Waals surface area contributed by atoms with Crippen LogP contribution in [0.5, 0.6) is 0 Å². The van der Waals surface area contributed by atoms with Crippen LogP contribution in [0.1, 0.15) is 63.8 Å². The number of benzene rings is 2. The SMILES string of the molecule is C=C(c1ccccc1)c1ccc(N)c(C(C)(C)C)c1C(C)(C)C. The quantitative estimate of drug-likeness (QED) is 0.684. The van der Waals surface area contributed by atoms with Crippen LogP contribution in [0.4, 0.5) is 5.69 Å². The van der Waals surface area contributed by atoms with Crippen LogP contribution in [0.25, 0.3) is 5.57 Å². The van der Waals surface area contributed by atoms with Crippen LogP contribution in [0, 0.1) is 0 Å². The minimum absolute atomic E-state index is 0.00888. The Labute approximate surface area is 141 Å². The smallest absolute Gasteiger partial charge is 0.0355 e. The van der Waals surface area contributed by atoms with Gasteiger partial charge in [0.15, 0.2) is 0 Å². The topological polar surface area (TPSA) is 26.0 Å². The van der Waals surface area contributed by atoms with Crippen molar-refractivity contribution in [1.82, 2.24) is 0 Å². The molecule has 0 saturated heterocycles. The van der Waals surface area contributed by atoms with E-state index in [1.54, 1.807) is 0 Å². The Hall–Kier alpha value is -2.02. The minimum atomic E-state index is -0.0142. The van der Waals surface area contributed by atoms with Crippen LogP contribution in [0.2, 0.25) is 0 Å². The third kappa shape index (κ3) is 3.50. The Morgan fingerprint density at radius 3 is 1.78 bits per heavy atom. The molecular weight excluding hydrogens is 278 g/mol. The van der Waals surface area contributed by atoms with E-state index in [2.05, 4.69) is 78.5 Å². The molecule has 2 N–H and O–H groups in total. The fourth-order valence-electron chi connectivity index (χ4n) is 3.25. The highest BCUT2D eigenvalue weighted by molar-refractivity contribution is 5.82. The summed E-state index contributed by atoms with van der Waals surface area (Å²) in [7, 11) is 0. The third-order valence-electron chi connectivity index (χ3n) is 4.18. The molecule has 0 fully saturated rings. The fraction of sp³-hybridized carbons (Fsp3) is 0.364. The lowest BCUT2D eigenvalue weighted by Gasteiger charge is -2.34. The molecule has 0 spiro atoms. The molecule has 1 nitrogen and oxygen atoms in total. The van der Waals surface area contributed by atoms with Gasteiger partial charge in [-0.3, -0.25) is 0 Å². The van der Waals surface area contributed by atoms with Gasteiger partial charge in [0.25, 0.3) is 0 Å². The first-order valence-electron chi connectivity index (χ1n) is 8.21. The van der Waals surface area contributed by atoms with Crippen LogP contribution >= 0.6 is 0 Å². The summed E-state index contributed by atoms with van der Waals surface area (Å²) < 4.78 is 0. The Morgan fingerprint density at radius 2 is 1.30 bits per heavy atom. The van der Waals surface area contributed by atoms with E-state index in [1.165, 1.54) is 16.7 Å². The molecular formula is C22H29N. The molecule has 2 aromatic carbocycles. The maximum absolute atomic E-state index is 6.38. The summed E-state index contributed by atoms with van der Waals surface area (Å²) in [6, 6.07) is 14.5. The Morgan fingerprint density at radius 1 is 0.783 bits per heavy atom. The van der Waals surface area contributed by atoms with Gasteiger partial charge in [0.1, 0.15) is 0 Å². The highest BCUT2D eigenvalue weighted by Crippen LogP contribution is 2.42. The second-order valence-electron chi connectivity index (χ2n) is 8.30. The molecule has 0 amide bonds. The summed E-state index contributed by atoms with van der Waals surface area (Å²) in [5.41, 5.74) is 13.2. The van der Waals surface area contributed by atoms with Gasteiger partial charge in [-0.25, -0.2) is 0 Å². The van der Waals surface area contributed by atoms with Crippen molar-refractivity contribution >= 4 is 11.3 Å².